The van der Waals surface area contributed by atoms with E-state index < -0.39 is 11.9 Å². The van der Waals surface area contributed by atoms with Crippen LogP contribution in [0.15, 0.2) is 77.1 Å². The zero-order chi connectivity index (χ0) is 18.8. The van der Waals surface area contributed by atoms with Crippen molar-refractivity contribution < 1.29 is 4.79 Å². The molecule has 0 spiro atoms. The number of carbonyl (C=O) groups is 1. The number of nitrogens with one attached hydrogen (secondary N) is 1. The molecule has 7 heteroatoms. The summed E-state index contributed by atoms with van der Waals surface area (Å²) < 4.78 is 1.75. The van der Waals surface area contributed by atoms with Gasteiger partial charge in [0.2, 0.25) is 17.0 Å². The number of hydrogen-bond acceptors (Lipinski definition) is 5. The highest BCUT2D eigenvalue weighted by Gasteiger charge is 2.33. The zero-order valence-corrected chi connectivity index (χ0v) is 15.6. The Hall–Kier alpha value is -3.06. The van der Waals surface area contributed by atoms with E-state index in [4.69, 9.17) is 5.73 Å². The Labute approximate surface area is 161 Å². The van der Waals surface area contributed by atoms with E-state index in [2.05, 4.69) is 27.5 Å². The summed E-state index contributed by atoms with van der Waals surface area (Å²) in [6.07, 6.45) is 0. The Kier molecular flexibility index (Phi) is 4.68. The van der Waals surface area contributed by atoms with E-state index in [1.807, 2.05) is 55.5 Å². The molecule has 2 aromatic carbocycles. The molecule has 1 aromatic heterocycles. The predicted molar refractivity (Wildman–Crippen MR) is 106 cm³/mol. The average molecular weight is 377 g/mol. The topological polar surface area (TPSA) is 85.8 Å². The largest absolute Gasteiger partial charge is 0.366 e. The maximum absolute atomic E-state index is 12.1. The molecule has 0 bridgehead atoms. The fraction of sp³-hybridized carbons (Fsp3) is 0.150. The van der Waals surface area contributed by atoms with Crippen molar-refractivity contribution in [1.82, 2.24) is 14.8 Å². The molecule has 3 N–H and O–H groups in total. The second-order valence-electron chi connectivity index (χ2n) is 6.28. The molecule has 0 saturated heterocycles. The first-order chi connectivity index (χ1) is 13.1. The quantitative estimate of drug-likeness (QED) is 0.666. The lowest BCUT2D eigenvalue weighted by Crippen LogP contribution is -2.31. The third kappa shape index (κ3) is 3.46. The Balaban J connectivity index is 1.69. The van der Waals surface area contributed by atoms with Gasteiger partial charge in [-0.3, -0.25) is 4.79 Å². The molecule has 1 aliphatic rings. The summed E-state index contributed by atoms with van der Waals surface area (Å²) in [6, 6.07) is 19.5. The molecule has 27 heavy (non-hydrogen) atoms. The zero-order valence-electron chi connectivity index (χ0n) is 14.8. The SMILES string of the molecule is CC1=C(C(N)=O)[C@H](c2ccccc2)n2nc(SCc3ccccc3)nc2N1. The summed E-state index contributed by atoms with van der Waals surface area (Å²) in [6.45, 7) is 1.84. The number of nitrogens with zero attached hydrogens (tertiary/aromatic N) is 3. The van der Waals surface area contributed by atoms with Gasteiger partial charge in [0.25, 0.3) is 0 Å². The molecule has 136 valence electrons. The molecule has 2 heterocycles. The van der Waals surface area contributed by atoms with Crippen molar-refractivity contribution in [2.45, 2.75) is 23.9 Å². The van der Waals surface area contributed by atoms with E-state index in [1.54, 1.807) is 16.4 Å². The minimum absolute atomic E-state index is 0.390. The van der Waals surface area contributed by atoms with Crippen LogP contribution in [-0.2, 0) is 10.5 Å². The molecule has 0 fully saturated rings. The summed E-state index contributed by atoms with van der Waals surface area (Å²) in [5.74, 6) is 0.922. The van der Waals surface area contributed by atoms with Crippen molar-refractivity contribution in [1.29, 1.82) is 0 Å². The Morgan fingerprint density at radius 2 is 1.81 bits per heavy atom. The van der Waals surface area contributed by atoms with E-state index in [1.165, 1.54) is 5.56 Å². The van der Waals surface area contributed by atoms with Crippen LogP contribution in [0, 0.1) is 0 Å². The average Bonchev–Trinajstić information content (AvgIpc) is 3.09. The number of hydrogen-bond donors (Lipinski definition) is 2. The van der Waals surface area contributed by atoms with Gasteiger partial charge in [0.1, 0.15) is 6.04 Å². The number of fused-ring (bicyclic) bond motifs is 1. The first kappa shape index (κ1) is 17.4. The van der Waals surface area contributed by atoms with Gasteiger partial charge in [-0.1, -0.05) is 72.4 Å². The highest BCUT2D eigenvalue weighted by molar-refractivity contribution is 7.98. The summed E-state index contributed by atoms with van der Waals surface area (Å²) in [5, 5.41) is 8.47. The number of carbonyl (C=O) groups excluding carboxylic acids is 1. The highest BCUT2D eigenvalue weighted by atomic mass is 32.2. The third-order valence-corrected chi connectivity index (χ3v) is 5.33. The van der Waals surface area contributed by atoms with E-state index in [0.29, 0.717) is 22.4 Å². The highest BCUT2D eigenvalue weighted by Crippen LogP contribution is 2.36. The minimum Gasteiger partial charge on any atom is -0.366 e. The fourth-order valence-electron chi connectivity index (χ4n) is 3.18. The number of anilines is 1. The van der Waals surface area contributed by atoms with E-state index in [0.717, 1.165) is 11.3 Å². The van der Waals surface area contributed by atoms with Crippen molar-refractivity contribution in [3.63, 3.8) is 0 Å². The van der Waals surface area contributed by atoms with Gasteiger partial charge in [-0.2, -0.15) is 4.98 Å². The fourth-order valence-corrected chi connectivity index (χ4v) is 3.96. The molecule has 6 nitrogen and oxygen atoms in total. The number of benzene rings is 2. The number of rotatable bonds is 5. The van der Waals surface area contributed by atoms with Crippen molar-refractivity contribution in [3.8, 4) is 0 Å². The molecule has 0 aliphatic carbocycles. The molecular weight excluding hydrogens is 358 g/mol. The van der Waals surface area contributed by atoms with Crippen LogP contribution in [0.5, 0.6) is 0 Å². The number of primary amides is 1. The first-order valence-corrected chi connectivity index (χ1v) is 9.58. The molecule has 0 saturated carbocycles. The van der Waals surface area contributed by atoms with Crippen molar-refractivity contribution in [2.75, 3.05) is 5.32 Å². The van der Waals surface area contributed by atoms with Gasteiger partial charge in [0.05, 0.1) is 5.57 Å². The third-order valence-electron chi connectivity index (χ3n) is 4.42. The Morgan fingerprint density at radius 1 is 1.15 bits per heavy atom. The molecule has 4 rings (SSSR count). The Bertz CT molecular complexity index is 998. The Morgan fingerprint density at radius 3 is 2.48 bits per heavy atom. The smallest absolute Gasteiger partial charge is 0.248 e. The van der Waals surface area contributed by atoms with Gasteiger partial charge in [0.15, 0.2) is 0 Å². The molecule has 1 aliphatic heterocycles. The first-order valence-electron chi connectivity index (χ1n) is 8.59. The molecular formula is C20H19N5OS. The summed E-state index contributed by atoms with van der Waals surface area (Å²) >= 11 is 1.56. The van der Waals surface area contributed by atoms with Crippen molar-refractivity contribution >= 4 is 23.6 Å². The molecule has 3 aromatic rings. The molecule has 0 unspecified atom stereocenters. The standard InChI is InChI=1S/C20H19N5OS/c1-13-16(18(21)26)17(15-10-6-3-7-11-15)25-19(22-13)23-20(24-25)27-12-14-8-4-2-5-9-14/h2-11,17H,12H2,1H3,(H2,21,26)(H,22,23,24)/t17-/m0/s1. The number of allylic oxidation sites excluding steroid dienone is 1. The molecule has 0 radical (unpaired) electrons. The summed E-state index contributed by atoms with van der Waals surface area (Å²) in [7, 11) is 0. The predicted octanol–water partition coefficient (Wildman–Crippen LogP) is 3.34. The number of nitrogens with two attached hydrogens (primary N) is 1. The van der Waals surface area contributed by atoms with Crippen molar-refractivity contribution in [3.05, 3.63) is 83.1 Å². The lowest BCUT2D eigenvalue weighted by molar-refractivity contribution is -0.115. The number of amides is 1. The van der Waals surface area contributed by atoms with Crippen LogP contribution >= 0.6 is 11.8 Å². The van der Waals surface area contributed by atoms with Gasteiger partial charge in [0, 0.05) is 11.4 Å². The second-order valence-corrected chi connectivity index (χ2v) is 7.22. The van der Waals surface area contributed by atoms with E-state index in [-0.39, 0.29) is 0 Å². The lowest BCUT2D eigenvalue weighted by atomic mass is 9.95. The van der Waals surface area contributed by atoms with E-state index >= 15 is 0 Å². The van der Waals surface area contributed by atoms with Crippen LogP contribution in [0.25, 0.3) is 0 Å². The summed E-state index contributed by atoms with van der Waals surface area (Å²) in [4.78, 5) is 16.7. The lowest BCUT2D eigenvalue weighted by Gasteiger charge is -2.27. The van der Waals surface area contributed by atoms with Crippen molar-refractivity contribution in [2.24, 2.45) is 5.73 Å². The van der Waals surface area contributed by atoms with Gasteiger partial charge < -0.3 is 11.1 Å². The van der Waals surface area contributed by atoms with Crippen LogP contribution in [-0.4, -0.2) is 20.7 Å². The maximum Gasteiger partial charge on any atom is 0.248 e. The summed E-state index contributed by atoms with van der Waals surface area (Å²) in [5.41, 5.74) is 9.03. The molecule has 1 atom stereocenters. The monoisotopic (exact) mass is 377 g/mol. The van der Waals surface area contributed by atoms with Gasteiger partial charge in [-0.05, 0) is 18.1 Å². The van der Waals surface area contributed by atoms with Crippen LogP contribution < -0.4 is 11.1 Å². The second kappa shape index (κ2) is 7.28. The number of thioether (sulfide) groups is 1. The maximum atomic E-state index is 12.1. The van der Waals surface area contributed by atoms with Crippen LogP contribution in [0.3, 0.4) is 0 Å². The van der Waals surface area contributed by atoms with Gasteiger partial charge in [-0.25, -0.2) is 4.68 Å². The normalized spacial score (nSPS) is 16.0. The number of aromatic nitrogens is 3. The van der Waals surface area contributed by atoms with Gasteiger partial charge in [-0.15, -0.1) is 5.10 Å². The van der Waals surface area contributed by atoms with Crippen LogP contribution in [0.2, 0.25) is 0 Å². The van der Waals surface area contributed by atoms with Gasteiger partial charge >= 0.3 is 0 Å². The van der Waals surface area contributed by atoms with Crippen LogP contribution in [0.4, 0.5) is 5.95 Å². The van der Waals surface area contributed by atoms with Crippen LogP contribution in [0.1, 0.15) is 24.1 Å². The molecule has 1 amide bonds. The minimum atomic E-state index is -0.464. The van der Waals surface area contributed by atoms with E-state index in [9.17, 15) is 4.79 Å².